The van der Waals surface area contributed by atoms with Gasteiger partial charge in [0.2, 0.25) is 0 Å². The molecule has 1 N–H and O–H groups in total. The number of nitrogens with one attached hydrogen (secondary N) is 1. The van der Waals surface area contributed by atoms with Crippen molar-refractivity contribution in [3.63, 3.8) is 0 Å². The maximum atomic E-state index is 12.9. The minimum absolute atomic E-state index is 0.0361. The number of nitrogens with zero attached hydrogens (tertiary/aromatic N) is 5. The molecule has 0 radical (unpaired) electrons. The van der Waals surface area contributed by atoms with E-state index in [9.17, 15) is 13.2 Å². The lowest BCUT2D eigenvalue weighted by molar-refractivity contribution is 0.0965. The number of hydrogen-bond acceptors (Lipinski definition) is 9. The molecule has 0 bridgehead atoms. The van der Waals surface area contributed by atoms with Crippen LogP contribution in [-0.2, 0) is 22.8 Å². The van der Waals surface area contributed by atoms with Gasteiger partial charge in [-0.1, -0.05) is 5.16 Å². The lowest BCUT2D eigenvalue weighted by Crippen LogP contribution is -2.40. The maximum Gasteiger partial charge on any atom is 0.185 e. The molecule has 164 valence electrons. The van der Waals surface area contributed by atoms with Crippen molar-refractivity contribution < 1.29 is 17.7 Å². The summed E-state index contributed by atoms with van der Waals surface area (Å²) in [5.74, 6) is 1.96. The first-order chi connectivity index (χ1) is 15.0. The quantitative estimate of drug-likeness (QED) is 0.558. The fraction of sp³-hybridized carbons (Fsp3) is 0.500. The Labute approximate surface area is 179 Å². The molecule has 5 rings (SSSR count). The second kappa shape index (κ2) is 8.04. The SMILES string of the molecule is O=C(CCCN1CCS(=O)(=O)CC1)c1noc2c1CN(c1ncnc3[nH]ccc13)CC2. The fourth-order valence-corrected chi connectivity index (χ4v) is 5.55. The zero-order valence-corrected chi connectivity index (χ0v) is 17.9. The molecule has 3 aromatic rings. The number of fused-ring (bicyclic) bond motifs is 2. The van der Waals surface area contributed by atoms with E-state index in [0.29, 0.717) is 51.1 Å². The second-order valence-corrected chi connectivity index (χ2v) is 10.4. The van der Waals surface area contributed by atoms with Crippen molar-refractivity contribution in [3.05, 3.63) is 35.6 Å². The summed E-state index contributed by atoms with van der Waals surface area (Å²) in [6, 6.07) is 1.95. The summed E-state index contributed by atoms with van der Waals surface area (Å²) < 4.78 is 28.6. The van der Waals surface area contributed by atoms with Crippen LogP contribution in [0.5, 0.6) is 0 Å². The number of hydrogen-bond donors (Lipinski definition) is 1. The standard InChI is InChI=1S/C20H24N6O4S/c27-16(2-1-6-25-8-10-31(28,29)11-9-25)18-15-12-26(7-4-17(15)30-24-18)20-14-3-5-21-19(14)22-13-23-20/h3,5,13H,1-2,4,6-12H2,(H,21,22,23). The molecule has 0 saturated carbocycles. The first kappa shape index (κ1) is 20.1. The molecule has 0 unspecified atom stereocenters. The van der Waals surface area contributed by atoms with Crippen molar-refractivity contribution in [3.8, 4) is 0 Å². The van der Waals surface area contributed by atoms with Gasteiger partial charge in [-0.3, -0.25) is 4.79 Å². The Bertz CT molecular complexity index is 1200. The third kappa shape index (κ3) is 4.07. The molecule has 5 heterocycles. The lowest BCUT2D eigenvalue weighted by Gasteiger charge is -2.27. The Hall–Kier alpha value is -2.79. The van der Waals surface area contributed by atoms with Crippen LogP contribution in [0.25, 0.3) is 11.0 Å². The van der Waals surface area contributed by atoms with Gasteiger partial charge in [-0.05, 0) is 19.0 Å². The minimum atomic E-state index is -2.89. The first-order valence-electron chi connectivity index (χ1n) is 10.5. The summed E-state index contributed by atoms with van der Waals surface area (Å²) in [5.41, 5.74) is 2.02. The van der Waals surface area contributed by atoms with Gasteiger partial charge in [-0.15, -0.1) is 0 Å². The topological polar surface area (TPSA) is 125 Å². The fourth-order valence-electron chi connectivity index (χ4n) is 4.28. The number of aromatic amines is 1. The molecule has 0 aliphatic carbocycles. The van der Waals surface area contributed by atoms with E-state index >= 15 is 0 Å². The van der Waals surface area contributed by atoms with Crippen LogP contribution < -0.4 is 4.90 Å². The Morgan fingerprint density at radius 2 is 2.03 bits per heavy atom. The number of carbonyl (C=O) groups excluding carboxylic acids is 1. The minimum Gasteiger partial charge on any atom is -0.360 e. The van der Waals surface area contributed by atoms with Crippen LogP contribution in [0.4, 0.5) is 5.82 Å². The molecule has 0 amide bonds. The predicted molar refractivity (Wildman–Crippen MR) is 114 cm³/mol. The number of H-pyrrole nitrogens is 1. The molecule has 0 atom stereocenters. The Balaban J connectivity index is 1.24. The smallest absolute Gasteiger partial charge is 0.185 e. The third-order valence-corrected chi connectivity index (χ3v) is 7.65. The summed E-state index contributed by atoms with van der Waals surface area (Å²) in [6.45, 7) is 3.03. The zero-order valence-electron chi connectivity index (χ0n) is 17.1. The Morgan fingerprint density at radius 1 is 1.19 bits per heavy atom. The van der Waals surface area contributed by atoms with E-state index in [4.69, 9.17) is 4.52 Å². The number of sulfone groups is 1. The zero-order chi connectivity index (χ0) is 21.4. The number of ketones is 1. The van der Waals surface area contributed by atoms with Gasteiger partial charge in [-0.2, -0.15) is 0 Å². The van der Waals surface area contributed by atoms with Crippen molar-refractivity contribution in [1.82, 2.24) is 25.0 Å². The van der Waals surface area contributed by atoms with Gasteiger partial charge < -0.3 is 19.3 Å². The summed E-state index contributed by atoms with van der Waals surface area (Å²) in [4.78, 5) is 28.9. The largest absolute Gasteiger partial charge is 0.360 e. The molecule has 3 aromatic heterocycles. The molecular weight excluding hydrogens is 420 g/mol. The van der Waals surface area contributed by atoms with Gasteiger partial charge in [0.15, 0.2) is 21.3 Å². The van der Waals surface area contributed by atoms with E-state index in [-0.39, 0.29) is 17.3 Å². The van der Waals surface area contributed by atoms with E-state index in [1.165, 1.54) is 6.33 Å². The maximum absolute atomic E-state index is 12.9. The molecule has 0 aromatic carbocycles. The number of aromatic nitrogens is 4. The number of Topliss-reactive ketones (excluding diaryl/α,β-unsaturated/α-hetero) is 1. The molecule has 10 nitrogen and oxygen atoms in total. The van der Waals surface area contributed by atoms with Crippen molar-refractivity contribution in [2.75, 3.05) is 42.6 Å². The van der Waals surface area contributed by atoms with Crippen molar-refractivity contribution in [2.24, 2.45) is 0 Å². The highest BCUT2D eigenvalue weighted by Gasteiger charge is 2.29. The molecule has 1 saturated heterocycles. The average Bonchev–Trinajstić information content (AvgIpc) is 3.41. The second-order valence-electron chi connectivity index (χ2n) is 8.06. The number of anilines is 1. The summed E-state index contributed by atoms with van der Waals surface area (Å²) in [5, 5.41) is 5.02. The van der Waals surface area contributed by atoms with E-state index in [2.05, 4.69) is 29.9 Å². The van der Waals surface area contributed by atoms with Crippen LogP contribution in [0.3, 0.4) is 0 Å². The highest BCUT2D eigenvalue weighted by Crippen LogP contribution is 2.30. The highest BCUT2D eigenvalue weighted by atomic mass is 32.2. The van der Waals surface area contributed by atoms with Crippen molar-refractivity contribution in [1.29, 1.82) is 0 Å². The first-order valence-corrected chi connectivity index (χ1v) is 12.3. The van der Waals surface area contributed by atoms with Crippen LogP contribution in [0.2, 0.25) is 0 Å². The van der Waals surface area contributed by atoms with Gasteiger partial charge in [0.05, 0.1) is 23.4 Å². The van der Waals surface area contributed by atoms with E-state index in [0.717, 1.165) is 34.7 Å². The van der Waals surface area contributed by atoms with Crippen molar-refractivity contribution >= 4 is 32.5 Å². The lowest BCUT2D eigenvalue weighted by atomic mass is 10.0. The number of rotatable bonds is 6. The van der Waals surface area contributed by atoms with Gasteiger partial charge in [-0.25, -0.2) is 18.4 Å². The van der Waals surface area contributed by atoms with Crippen LogP contribution in [0, 0.1) is 0 Å². The van der Waals surface area contributed by atoms with E-state index in [1.54, 1.807) is 0 Å². The third-order valence-electron chi connectivity index (χ3n) is 6.04. The van der Waals surface area contributed by atoms with E-state index in [1.807, 2.05) is 12.3 Å². The summed E-state index contributed by atoms with van der Waals surface area (Å²) in [7, 11) is -2.89. The molecule has 1 fully saturated rings. The monoisotopic (exact) mass is 444 g/mol. The summed E-state index contributed by atoms with van der Waals surface area (Å²) in [6.07, 6.45) is 5.06. The van der Waals surface area contributed by atoms with Crippen LogP contribution in [0.1, 0.15) is 34.7 Å². The predicted octanol–water partition coefficient (Wildman–Crippen LogP) is 1.20. The molecule has 0 spiro atoms. The molecule has 11 heteroatoms. The molecule has 2 aliphatic rings. The summed E-state index contributed by atoms with van der Waals surface area (Å²) >= 11 is 0. The van der Waals surface area contributed by atoms with Gasteiger partial charge in [0.1, 0.15) is 23.6 Å². The van der Waals surface area contributed by atoms with Crippen LogP contribution in [0.15, 0.2) is 23.1 Å². The van der Waals surface area contributed by atoms with Crippen molar-refractivity contribution in [2.45, 2.75) is 25.8 Å². The average molecular weight is 445 g/mol. The normalized spacial score (nSPS) is 18.9. The Morgan fingerprint density at radius 3 is 2.87 bits per heavy atom. The van der Waals surface area contributed by atoms with Crippen LogP contribution >= 0.6 is 0 Å². The van der Waals surface area contributed by atoms with Gasteiger partial charge >= 0.3 is 0 Å². The van der Waals surface area contributed by atoms with Crippen LogP contribution in [-0.4, -0.2) is 76.9 Å². The van der Waals surface area contributed by atoms with E-state index < -0.39 is 9.84 Å². The van der Waals surface area contributed by atoms with Gasteiger partial charge in [0.25, 0.3) is 0 Å². The highest BCUT2D eigenvalue weighted by molar-refractivity contribution is 7.91. The Kier molecular flexibility index (Phi) is 5.22. The molecular formula is C20H24N6O4S. The molecule has 31 heavy (non-hydrogen) atoms. The number of carbonyl (C=O) groups is 1. The molecule has 2 aliphatic heterocycles. The van der Waals surface area contributed by atoms with Gasteiger partial charge in [0, 0.05) is 44.2 Å².